The quantitative estimate of drug-likeness (QED) is 0.582. The van der Waals surface area contributed by atoms with Crippen molar-refractivity contribution in [1.82, 2.24) is 4.90 Å². The third-order valence-electron chi connectivity index (χ3n) is 3.11. The summed E-state index contributed by atoms with van der Waals surface area (Å²) in [5.74, 6) is 0. The Morgan fingerprint density at radius 1 is 1.08 bits per heavy atom. The molecule has 0 aromatic rings. The summed E-state index contributed by atoms with van der Waals surface area (Å²) in [5, 5.41) is 18.9. The molecular formula is C9H17NO2. The molecule has 3 heteroatoms. The zero-order valence-corrected chi connectivity index (χ0v) is 7.32. The molecule has 3 nitrogen and oxygen atoms in total. The zero-order valence-electron chi connectivity index (χ0n) is 7.32. The highest BCUT2D eigenvalue weighted by Gasteiger charge is 2.34. The molecule has 2 fully saturated rings. The lowest BCUT2D eigenvalue weighted by atomic mass is 10.2. The van der Waals surface area contributed by atoms with Crippen molar-refractivity contribution in [3.63, 3.8) is 0 Å². The number of nitrogens with zero attached hydrogens (tertiary/aromatic N) is 1. The second kappa shape index (κ2) is 3.32. The summed E-state index contributed by atoms with van der Waals surface area (Å²) in [6, 6.07) is 0.335. The van der Waals surface area contributed by atoms with Gasteiger partial charge in [0.15, 0.2) is 0 Å². The minimum absolute atomic E-state index is 0.143. The average molecular weight is 171 g/mol. The van der Waals surface area contributed by atoms with Crippen LogP contribution in [0, 0.1) is 0 Å². The summed E-state index contributed by atoms with van der Waals surface area (Å²) in [7, 11) is 0. The summed E-state index contributed by atoms with van der Waals surface area (Å²) in [6.45, 7) is 1.73. The summed E-state index contributed by atoms with van der Waals surface area (Å²) >= 11 is 0. The molecule has 70 valence electrons. The van der Waals surface area contributed by atoms with Crippen molar-refractivity contribution >= 4 is 0 Å². The Morgan fingerprint density at radius 3 is 2.42 bits per heavy atom. The fourth-order valence-electron chi connectivity index (χ4n) is 2.42. The molecule has 1 saturated heterocycles. The van der Waals surface area contributed by atoms with Gasteiger partial charge in [0.05, 0.1) is 12.2 Å². The van der Waals surface area contributed by atoms with Crippen LogP contribution >= 0.6 is 0 Å². The van der Waals surface area contributed by atoms with Crippen molar-refractivity contribution < 1.29 is 10.2 Å². The van der Waals surface area contributed by atoms with E-state index in [4.69, 9.17) is 0 Å². The third-order valence-corrected chi connectivity index (χ3v) is 3.11. The Balaban J connectivity index is 1.91. The summed E-state index contributed by atoms with van der Waals surface area (Å²) < 4.78 is 0. The SMILES string of the molecule is OC1CCCC1N1CC[C@H](O)C1. The Kier molecular flexibility index (Phi) is 2.35. The second-order valence-corrected chi connectivity index (χ2v) is 4.00. The van der Waals surface area contributed by atoms with Crippen LogP contribution in [-0.4, -0.2) is 46.5 Å². The fraction of sp³-hybridized carbons (Fsp3) is 1.00. The largest absolute Gasteiger partial charge is 0.392 e. The first-order valence-electron chi connectivity index (χ1n) is 4.87. The molecule has 2 rings (SSSR count). The third kappa shape index (κ3) is 1.49. The maximum atomic E-state index is 9.61. The van der Waals surface area contributed by atoms with E-state index in [1.807, 2.05) is 0 Å². The van der Waals surface area contributed by atoms with Crippen molar-refractivity contribution in [2.75, 3.05) is 13.1 Å². The van der Waals surface area contributed by atoms with Crippen molar-refractivity contribution in [3.05, 3.63) is 0 Å². The van der Waals surface area contributed by atoms with E-state index in [0.717, 1.165) is 38.8 Å². The molecule has 0 spiro atoms. The van der Waals surface area contributed by atoms with Gasteiger partial charge in [0.2, 0.25) is 0 Å². The molecule has 1 aliphatic heterocycles. The van der Waals surface area contributed by atoms with Crippen molar-refractivity contribution in [2.45, 2.75) is 43.9 Å². The van der Waals surface area contributed by atoms with Crippen LogP contribution in [0.3, 0.4) is 0 Å². The van der Waals surface area contributed by atoms with Crippen LogP contribution in [0.5, 0.6) is 0 Å². The van der Waals surface area contributed by atoms with Crippen LogP contribution in [-0.2, 0) is 0 Å². The number of likely N-dealkylation sites (tertiary alicyclic amines) is 1. The Morgan fingerprint density at radius 2 is 1.92 bits per heavy atom. The zero-order chi connectivity index (χ0) is 8.55. The number of rotatable bonds is 1. The predicted molar refractivity (Wildman–Crippen MR) is 45.8 cm³/mol. The van der Waals surface area contributed by atoms with Gasteiger partial charge in [-0.15, -0.1) is 0 Å². The van der Waals surface area contributed by atoms with Gasteiger partial charge in [0.25, 0.3) is 0 Å². The summed E-state index contributed by atoms with van der Waals surface area (Å²) in [6.07, 6.45) is 3.76. The van der Waals surface area contributed by atoms with E-state index in [9.17, 15) is 10.2 Å². The van der Waals surface area contributed by atoms with Crippen LogP contribution in [0.2, 0.25) is 0 Å². The molecule has 2 aliphatic rings. The van der Waals surface area contributed by atoms with Crippen molar-refractivity contribution in [2.24, 2.45) is 0 Å². The first kappa shape index (κ1) is 8.48. The summed E-state index contributed by atoms with van der Waals surface area (Å²) in [5.41, 5.74) is 0. The highest BCUT2D eigenvalue weighted by molar-refractivity contribution is 4.89. The normalized spacial score (nSPS) is 44.0. The van der Waals surface area contributed by atoms with Gasteiger partial charge in [0, 0.05) is 19.1 Å². The molecule has 0 bridgehead atoms. The van der Waals surface area contributed by atoms with E-state index in [0.29, 0.717) is 6.04 Å². The van der Waals surface area contributed by atoms with Crippen LogP contribution in [0.25, 0.3) is 0 Å². The van der Waals surface area contributed by atoms with Crippen molar-refractivity contribution in [3.8, 4) is 0 Å². The minimum Gasteiger partial charge on any atom is -0.392 e. The maximum absolute atomic E-state index is 9.61. The predicted octanol–water partition coefficient (Wildman–Crippen LogP) is -0.0336. The van der Waals surface area contributed by atoms with Crippen molar-refractivity contribution in [1.29, 1.82) is 0 Å². The molecular weight excluding hydrogens is 154 g/mol. The van der Waals surface area contributed by atoms with Gasteiger partial charge in [-0.2, -0.15) is 0 Å². The molecule has 0 radical (unpaired) electrons. The first-order chi connectivity index (χ1) is 5.77. The highest BCUT2D eigenvalue weighted by atomic mass is 16.3. The lowest BCUT2D eigenvalue weighted by Gasteiger charge is -2.25. The fourth-order valence-corrected chi connectivity index (χ4v) is 2.42. The van der Waals surface area contributed by atoms with E-state index >= 15 is 0 Å². The number of hydrogen-bond acceptors (Lipinski definition) is 3. The Labute approximate surface area is 73.0 Å². The van der Waals surface area contributed by atoms with Gasteiger partial charge in [-0.05, 0) is 25.7 Å². The highest BCUT2D eigenvalue weighted by Crippen LogP contribution is 2.26. The number of aliphatic hydroxyl groups is 2. The average Bonchev–Trinajstić information content (AvgIpc) is 2.58. The standard InChI is InChI=1S/C9H17NO2/c11-7-4-5-10(6-7)8-2-1-3-9(8)12/h7-9,11-12H,1-6H2/t7-,8?,9?/m0/s1. The monoisotopic (exact) mass is 171 g/mol. The molecule has 2 N–H and O–H groups in total. The molecule has 0 aromatic carbocycles. The van der Waals surface area contributed by atoms with Gasteiger partial charge in [-0.3, -0.25) is 4.90 Å². The van der Waals surface area contributed by atoms with E-state index in [1.54, 1.807) is 0 Å². The second-order valence-electron chi connectivity index (χ2n) is 4.00. The van der Waals surface area contributed by atoms with E-state index in [2.05, 4.69) is 4.90 Å². The van der Waals surface area contributed by atoms with Crippen LogP contribution in [0.4, 0.5) is 0 Å². The molecule has 0 aromatic heterocycles. The van der Waals surface area contributed by atoms with Gasteiger partial charge >= 0.3 is 0 Å². The minimum atomic E-state index is -0.155. The molecule has 1 aliphatic carbocycles. The van der Waals surface area contributed by atoms with Crippen LogP contribution < -0.4 is 0 Å². The maximum Gasteiger partial charge on any atom is 0.0695 e. The summed E-state index contributed by atoms with van der Waals surface area (Å²) in [4.78, 5) is 2.24. The van der Waals surface area contributed by atoms with E-state index in [1.165, 1.54) is 0 Å². The van der Waals surface area contributed by atoms with Gasteiger partial charge in [-0.25, -0.2) is 0 Å². The smallest absolute Gasteiger partial charge is 0.0695 e. The van der Waals surface area contributed by atoms with Gasteiger partial charge in [-0.1, -0.05) is 0 Å². The van der Waals surface area contributed by atoms with Gasteiger partial charge < -0.3 is 10.2 Å². The van der Waals surface area contributed by atoms with Crippen LogP contribution in [0.1, 0.15) is 25.7 Å². The number of hydrogen-bond donors (Lipinski definition) is 2. The molecule has 3 atom stereocenters. The van der Waals surface area contributed by atoms with Gasteiger partial charge in [0.1, 0.15) is 0 Å². The van der Waals surface area contributed by atoms with E-state index < -0.39 is 0 Å². The topological polar surface area (TPSA) is 43.7 Å². The Hall–Kier alpha value is -0.120. The molecule has 0 amide bonds. The Bertz CT molecular complexity index is 163. The number of β-amino-alcohol motifs (C(OH)–C–C–N with tert-alkyl or cyclic N) is 1. The lowest BCUT2D eigenvalue weighted by molar-refractivity contribution is 0.0751. The molecule has 12 heavy (non-hydrogen) atoms. The molecule has 2 unspecified atom stereocenters. The van der Waals surface area contributed by atoms with Crippen LogP contribution in [0.15, 0.2) is 0 Å². The number of aliphatic hydroxyl groups excluding tert-OH is 2. The van der Waals surface area contributed by atoms with E-state index in [-0.39, 0.29) is 12.2 Å². The first-order valence-corrected chi connectivity index (χ1v) is 4.87. The lowest BCUT2D eigenvalue weighted by Crippen LogP contribution is -2.39. The molecule has 1 saturated carbocycles. The molecule has 1 heterocycles.